The van der Waals surface area contributed by atoms with Crippen LogP contribution >= 0.6 is 0 Å². The van der Waals surface area contributed by atoms with Gasteiger partial charge in [-0.2, -0.15) is 0 Å². The molecule has 1 rings (SSSR count). The highest BCUT2D eigenvalue weighted by atomic mass is 16.6. The van der Waals surface area contributed by atoms with Crippen molar-refractivity contribution in [2.24, 2.45) is 0 Å². The summed E-state index contributed by atoms with van der Waals surface area (Å²) in [6.45, 7) is 3.52. The van der Waals surface area contributed by atoms with Crippen molar-refractivity contribution in [3.63, 3.8) is 0 Å². The van der Waals surface area contributed by atoms with E-state index in [1.807, 2.05) is 6.92 Å². The predicted molar refractivity (Wildman–Crippen MR) is 66.9 cm³/mol. The molecule has 1 aromatic rings. The summed E-state index contributed by atoms with van der Waals surface area (Å²) in [5.74, 6) is 0. The van der Waals surface area contributed by atoms with Gasteiger partial charge in [0.1, 0.15) is 11.4 Å². The number of rotatable bonds is 5. The van der Waals surface area contributed by atoms with Crippen LogP contribution in [-0.2, 0) is 0 Å². The first-order valence-electron chi connectivity index (χ1n) is 5.39. The normalized spacial score (nSPS) is 14.1. The smallest absolute Gasteiger partial charge is 0.314 e. The standard InChI is InChI=1S/C11H17N3O3/c1-7(6-8(2)15)13-10-5-3-4-9(12)11(10)14(16)17/h3-5,7-8,13,15H,6,12H2,1-2H3. The fraction of sp³-hybridized carbons (Fsp3) is 0.455. The van der Waals surface area contributed by atoms with Gasteiger partial charge in [0.15, 0.2) is 0 Å². The highest BCUT2D eigenvalue weighted by molar-refractivity contribution is 5.74. The maximum atomic E-state index is 10.9. The maximum absolute atomic E-state index is 10.9. The van der Waals surface area contributed by atoms with Gasteiger partial charge in [-0.15, -0.1) is 0 Å². The molecule has 0 amide bonds. The third-order valence-corrected chi connectivity index (χ3v) is 2.35. The van der Waals surface area contributed by atoms with Crippen LogP contribution < -0.4 is 11.1 Å². The number of nitro groups is 1. The number of nitrogens with one attached hydrogen (secondary N) is 1. The van der Waals surface area contributed by atoms with E-state index in [9.17, 15) is 15.2 Å². The highest BCUT2D eigenvalue weighted by Crippen LogP contribution is 2.31. The molecule has 6 heteroatoms. The van der Waals surface area contributed by atoms with Crippen LogP contribution in [0.3, 0.4) is 0 Å². The van der Waals surface area contributed by atoms with Gasteiger partial charge < -0.3 is 16.2 Å². The van der Waals surface area contributed by atoms with Gasteiger partial charge in [-0.3, -0.25) is 10.1 Å². The quantitative estimate of drug-likeness (QED) is 0.413. The Balaban J connectivity index is 2.91. The molecule has 0 aliphatic carbocycles. The number of para-hydroxylation sites is 1. The summed E-state index contributed by atoms with van der Waals surface area (Å²) in [6, 6.07) is 4.67. The Hall–Kier alpha value is -1.82. The number of hydrogen-bond donors (Lipinski definition) is 3. The van der Waals surface area contributed by atoms with Gasteiger partial charge in [-0.1, -0.05) is 6.07 Å². The molecule has 94 valence electrons. The summed E-state index contributed by atoms with van der Waals surface area (Å²) < 4.78 is 0. The van der Waals surface area contributed by atoms with Crippen molar-refractivity contribution in [1.29, 1.82) is 0 Å². The number of nitrogen functional groups attached to an aromatic ring is 1. The molecule has 0 radical (unpaired) electrons. The topological polar surface area (TPSA) is 101 Å². The molecule has 2 unspecified atom stereocenters. The fourth-order valence-corrected chi connectivity index (χ4v) is 1.72. The number of nitro benzene ring substituents is 1. The Labute approximate surface area is 99.6 Å². The fourth-order valence-electron chi connectivity index (χ4n) is 1.72. The molecule has 6 nitrogen and oxygen atoms in total. The van der Waals surface area contributed by atoms with Crippen LogP contribution in [-0.4, -0.2) is 22.2 Å². The van der Waals surface area contributed by atoms with E-state index >= 15 is 0 Å². The van der Waals surface area contributed by atoms with Gasteiger partial charge in [-0.25, -0.2) is 0 Å². The highest BCUT2D eigenvalue weighted by Gasteiger charge is 2.19. The van der Waals surface area contributed by atoms with E-state index in [-0.39, 0.29) is 17.4 Å². The molecule has 0 aromatic heterocycles. The molecule has 2 atom stereocenters. The second kappa shape index (κ2) is 5.49. The summed E-state index contributed by atoms with van der Waals surface area (Å²) in [5, 5.41) is 23.1. The van der Waals surface area contributed by atoms with Crippen molar-refractivity contribution < 1.29 is 10.0 Å². The van der Waals surface area contributed by atoms with Crippen LogP contribution in [0, 0.1) is 10.1 Å². The molecule has 0 saturated heterocycles. The van der Waals surface area contributed by atoms with E-state index in [0.717, 1.165) is 0 Å². The van der Waals surface area contributed by atoms with Crippen molar-refractivity contribution >= 4 is 17.1 Å². The van der Waals surface area contributed by atoms with Gasteiger partial charge in [0, 0.05) is 6.04 Å². The van der Waals surface area contributed by atoms with Crippen LogP contribution in [0.2, 0.25) is 0 Å². The minimum absolute atomic E-state index is 0.0736. The molecule has 0 spiro atoms. The van der Waals surface area contributed by atoms with Crippen molar-refractivity contribution in [2.45, 2.75) is 32.4 Å². The number of nitrogens with zero attached hydrogens (tertiary/aromatic N) is 1. The van der Waals surface area contributed by atoms with E-state index in [0.29, 0.717) is 12.1 Å². The molecule has 0 heterocycles. The largest absolute Gasteiger partial charge is 0.393 e. The summed E-state index contributed by atoms with van der Waals surface area (Å²) >= 11 is 0. The Morgan fingerprint density at radius 2 is 2.18 bits per heavy atom. The molecule has 0 saturated carbocycles. The summed E-state index contributed by atoms with van der Waals surface area (Å²) in [4.78, 5) is 10.4. The Morgan fingerprint density at radius 3 is 2.71 bits per heavy atom. The minimum atomic E-state index is -0.507. The van der Waals surface area contributed by atoms with E-state index < -0.39 is 11.0 Å². The average Bonchev–Trinajstić information content (AvgIpc) is 2.15. The molecule has 0 bridgehead atoms. The van der Waals surface area contributed by atoms with Gasteiger partial charge >= 0.3 is 5.69 Å². The number of aliphatic hydroxyl groups excluding tert-OH is 1. The van der Waals surface area contributed by atoms with Crippen molar-refractivity contribution in [3.8, 4) is 0 Å². The number of benzene rings is 1. The SMILES string of the molecule is CC(O)CC(C)Nc1cccc(N)c1[N+](=O)[O-]. The zero-order valence-electron chi connectivity index (χ0n) is 9.88. The monoisotopic (exact) mass is 239 g/mol. The van der Waals surface area contributed by atoms with Gasteiger partial charge in [-0.05, 0) is 32.4 Å². The Bertz CT molecular complexity index is 407. The average molecular weight is 239 g/mol. The second-order valence-electron chi connectivity index (χ2n) is 4.13. The molecule has 4 N–H and O–H groups in total. The summed E-state index contributed by atoms with van der Waals surface area (Å²) in [7, 11) is 0. The van der Waals surface area contributed by atoms with E-state index in [1.165, 1.54) is 6.07 Å². The first-order valence-corrected chi connectivity index (χ1v) is 5.39. The van der Waals surface area contributed by atoms with Crippen LogP contribution in [0.5, 0.6) is 0 Å². The Kier molecular flexibility index (Phi) is 4.28. The molecular formula is C11H17N3O3. The zero-order chi connectivity index (χ0) is 13.0. The maximum Gasteiger partial charge on any atom is 0.314 e. The Morgan fingerprint density at radius 1 is 1.53 bits per heavy atom. The molecule has 1 aromatic carbocycles. The first-order chi connectivity index (χ1) is 7.91. The van der Waals surface area contributed by atoms with E-state index in [1.54, 1.807) is 19.1 Å². The number of aliphatic hydroxyl groups is 1. The van der Waals surface area contributed by atoms with Crippen molar-refractivity contribution in [1.82, 2.24) is 0 Å². The molecule has 0 aliphatic heterocycles. The van der Waals surface area contributed by atoms with Crippen LogP contribution in [0.25, 0.3) is 0 Å². The first kappa shape index (κ1) is 13.2. The molecule has 17 heavy (non-hydrogen) atoms. The third-order valence-electron chi connectivity index (χ3n) is 2.35. The lowest BCUT2D eigenvalue weighted by Gasteiger charge is -2.17. The van der Waals surface area contributed by atoms with Gasteiger partial charge in [0.05, 0.1) is 11.0 Å². The summed E-state index contributed by atoms with van der Waals surface area (Å²) in [5.41, 5.74) is 5.95. The van der Waals surface area contributed by atoms with Gasteiger partial charge in [0.2, 0.25) is 0 Å². The number of nitrogens with two attached hydrogens (primary N) is 1. The third kappa shape index (κ3) is 3.60. The lowest BCUT2D eigenvalue weighted by molar-refractivity contribution is -0.383. The number of anilines is 2. The lowest BCUT2D eigenvalue weighted by atomic mass is 10.1. The van der Waals surface area contributed by atoms with Crippen molar-refractivity contribution in [2.75, 3.05) is 11.1 Å². The number of hydrogen-bond acceptors (Lipinski definition) is 5. The summed E-state index contributed by atoms with van der Waals surface area (Å²) in [6.07, 6.45) is 0.0454. The molecule has 0 fully saturated rings. The van der Waals surface area contributed by atoms with Crippen molar-refractivity contribution in [3.05, 3.63) is 28.3 Å². The minimum Gasteiger partial charge on any atom is -0.393 e. The zero-order valence-corrected chi connectivity index (χ0v) is 9.88. The van der Waals surface area contributed by atoms with Crippen LogP contribution in [0.4, 0.5) is 17.1 Å². The van der Waals surface area contributed by atoms with Gasteiger partial charge in [0.25, 0.3) is 0 Å². The van der Waals surface area contributed by atoms with Crippen LogP contribution in [0.1, 0.15) is 20.3 Å². The van der Waals surface area contributed by atoms with E-state index in [4.69, 9.17) is 5.73 Å². The second-order valence-corrected chi connectivity index (χ2v) is 4.13. The van der Waals surface area contributed by atoms with E-state index in [2.05, 4.69) is 5.32 Å². The molecule has 0 aliphatic rings. The van der Waals surface area contributed by atoms with Crippen LogP contribution in [0.15, 0.2) is 18.2 Å². The predicted octanol–water partition coefficient (Wildman–Crippen LogP) is 1.75. The lowest BCUT2D eigenvalue weighted by Crippen LogP contribution is -2.21. The molecular weight excluding hydrogens is 222 g/mol.